The molecule has 0 N–H and O–H groups in total. The van der Waals surface area contributed by atoms with Crippen LogP contribution in [0.3, 0.4) is 0 Å². The van der Waals surface area contributed by atoms with Crippen molar-refractivity contribution in [1.29, 1.82) is 0 Å². The summed E-state index contributed by atoms with van der Waals surface area (Å²) in [5.41, 5.74) is 0.859. The van der Waals surface area contributed by atoms with Crippen LogP contribution in [0.15, 0.2) is 18.2 Å². The number of amides is 1. The Labute approximate surface area is 176 Å². The number of carbonyl (C=O) groups is 2. The highest BCUT2D eigenvalue weighted by molar-refractivity contribution is 6.42. The molecule has 3 rings (SSSR count). The summed E-state index contributed by atoms with van der Waals surface area (Å²) in [6, 6.07) is 5.67. The molecule has 2 aliphatic rings. The smallest absolute Gasteiger partial charge is 0.302 e. The van der Waals surface area contributed by atoms with E-state index in [-0.39, 0.29) is 30.1 Å². The topological polar surface area (TPSA) is 49.9 Å². The molecular weight excluding hydrogens is 399 g/mol. The first-order valence-electron chi connectivity index (χ1n) is 9.96. The molecule has 1 aromatic carbocycles. The maximum Gasteiger partial charge on any atom is 0.302 e. The Kier molecular flexibility index (Phi) is 7.24. The van der Waals surface area contributed by atoms with Gasteiger partial charge in [-0.15, -0.1) is 0 Å². The molecule has 1 saturated heterocycles. The van der Waals surface area contributed by atoms with E-state index in [2.05, 4.69) is 4.90 Å². The van der Waals surface area contributed by atoms with Crippen LogP contribution in [0, 0.1) is 0 Å². The highest BCUT2D eigenvalue weighted by atomic mass is 35.5. The van der Waals surface area contributed by atoms with Gasteiger partial charge in [-0.3, -0.25) is 14.5 Å². The number of hydrogen-bond acceptors (Lipinski definition) is 4. The first-order chi connectivity index (χ1) is 13.3. The van der Waals surface area contributed by atoms with Crippen LogP contribution in [0.25, 0.3) is 0 Å². The molecule has 0 aromatic heterocycles. The highest BCUT2D eigenvalue weighted by Crippen LogP contribution is 2.31. The van der Waals surface area contributed by atoms with E-state index in [1.165, 1.54) is 19.8 Å². The molecule has 0 radical (unpaired) electrons. The molecule has 5 nitrogen and oxygen atoms in total. The van der Waals surface area contributed by atoms with Crippen molar-refractivity contribution in [3.63, 3.8) is 0 Å². The highest BCUT2D eigenvalue weighted by Gasteiger charge is 2.39. The number of likely N-dealkylation sites (tertiary alicyclic amines) is 1. The number of carbonyl (C=O) groups excluding carboxylic acids is 2. The SMILES string of the molecule is CC(=O)O[C@H]1CC[C@H](N(C)C(=O)Cc2ccc(Cl)c(Cl)c2)[C@@H](N2CCCC2)C1. The van der Waals surface area contributed by atoms with Crippen LogP contribution in [0.2, 0.25) is 10.0 Å². The lowest BCUT2D eigenvalue weighted by Gasteiger charge is -2.44. The van der Waals surface area contributed by atoms with Crippen molar-refractivity contribution in [2.45, 2.75) is 63.6 Å². The summed E-state index contributed by atoms with van der Waals surface area (Å²) >= 11 is 12.1. The van der Waals surface area contributed by atoms with Gasteiger partial charge in [-0.1, -0.05) is 29.3 Å². The number of benzene rings is 1. The van der Waals surface area contributed by atoms with E-state index >= 15 is 0 Å². The van der Waals surface area contributed by atoms with Gasteiger partial charge in [-0.05, 0) is 56.5 Å². The van der Waals surface area contributed by atoms with Crippen molar-refractivity contribution in [1.82, 2.24) is 9.80 Å². The van der Waals surface area contributed by atoms with Crippen LogP contribution in [0.5, 0.6) is 0 Å². The predicted molar refractivity (Wildman–Crippen MR) is 111 cm³/mol. The summed E-state index contributed by atoms with van der Waals surface area (Å²) < 4.78 is 5.49. The Morgan fingerprint density at radius 1 is 1.18 bits per heavy atom. The second-order valence-corrected chi connectivity index (χ2v) is 8.67. The molecule has 1 heterocycles. The van der Waals surface area contributed by atoms with E-state index in [1.54, 1.807) is 12.1 Å². The molecule has 28 heavy (non-hydrogen) atoms. The monoisotopic (exact) mass is 426 g/mol. The third-order valence-electron chi connectivity index (χ3n) is 5.91. The van der Waals surface area contributed by atoms with Crippen LogP contribution in [0.4, 0.5) is 0 Å². The largest absolute Gasteiger partial charge is 0.462 e. The number of hydrogen-bond donors (Lipinski definition) is 0. The molecule has 154 valence electrons. The van der Waals surface area contributed by atoms with Gasteiger partial charge in [0.2, 0.25) is 5.91 Å². The normalized spacial score (nSPS) is 25.5. The van der Waals surface area contributed by atoms with Crippen LogP contribution in [-0.4, -0.2) is 60.0 Å². The zero-order chi connectivity index (χ0) is 20.3. The molecule has 1 aliphatic carbocycles. The molecule has 1 aromatic rings. The molecule has 0 bridgehead atoms. The van der Waals surface area contributed by atoms with Crippen LogP contribution < -0.4 is 0 Å². The van der Waals surface area contributed by atoms with Crippen molar-refractivity contribution in [2.75, 3.05) is 20.1 Å². The Hall–Kier alpha value is -1.30. The van der Waals surface area contributed by atoms with Gasteiger partial charge >= 0.3 is 5.97 Å². The van der Waals surface area contributed by atoms with E-state index in [0.29, 0.717) is 16.5 Å². The second-order valence-electron chi connectivity index (χ2n) is 7.85. The number of rotatable bonds is 5. The molecule has 0 spiro atoms. The van der Waals surface area contributed by atoms with Crippen molar-refractivity contribution < 1.29 is 14.3 Å². The molecule has 7 heteroatoms. The average Bonchev–Trinajstić information content (AvgIpc) is 3.18. The lowest BCUT2D eigenvalue weighted by Crippen LogP contribution is -2.56. The van der Waals surface area contributed by atoms with Gasteiger partial charge < -0.3 is 9.64 Å². The average molecular weight is 427 g/mol. The second kappa shape index (κ2) is 9.47. The van der Waals surface area contributed by atoms with Crippen LogP contribution in [-0.2, 0) is 20.7 Å². The zero-order valence-corrected chi connectivity index (χ0v) is 18.0. The molecular formula is C21H28Cl2N2O3. The van der Waals surface area contributed by atoms with E-state index in [4.69, 9.17) is 27.9 Å². The molecule has 3 atom stereocenters. The molecule has 1 aliphatic heterocycles. The standard InChI is InChI=1S/C21H28Cl2N2O3/c1-14(26)28-16-6-8-19(20(13-16)25-9-3-4-10-25)24(2)21(27)12-15-5-7-17(22)18(23)11-15/h5,7,11,16,19-20H,3-4,6,8-10,12-13H2,1-2H3/t16-,19-,20-/m0/s1. The summed E-state index contributed by atoms with van der Waals surface area (Å²) in [6.07, 6.45) is 5.02. The third kappa shape index (κ3) is 5.19. The maximum atomic E-state index is 13.0. The maximum absolute atomic E-state index is 13.0. The molecule has 0 unspecified atom stereocenters. The minimum absolute atomic E-state index is 0.0575. The van der Waals surface area contributed by atoms with Gasteiger partial charge in [0.25, 0.3) is 0 Å². The van der Waals surface area contributed by atoms with Gasteiger partial charge in [-0.2, -0.15) is 0 Å². The third-order valence-corrected chi connectivity index (χ3v) is 6.64. The summed E-state index contributed by atoms with van der Waals surface area (Å²) in [7, 11) is 1.89. The van der Waals surface area contributed by atoms with E-state index in [0.717, 1.165) is 37.9 Å². The Morgan fingerprint density at radius 3 is 2.54 bits per heavy atom. The van der Waals surface area contributed by atoms with Gasteiger partial charge in [0, 0.05) is 32.5 Å². The van der Waals surface area contributed by atoms with Crippen molar-refractivity contribution in [2.24, 2.45) is 0 Å². The number of ether oxygens (including phenoxy) is 1. The lowest BCUT2D eigenvalue weighted by molar-refractivity contribution is -0.151. The van der Waals surface area contributed by atoms with Gasteiger partial charge in [-0.25, -0.2) is 0 Å². The minimum atomic E-state index is -0.229. The fraction of sp³-hybridized carbons (Fsp3) is 0.619. The Bertz CT molecular complexity index is 722. The number of likely N-dealkylation sites (N-methyl/N-ethyl adjacent to an activating group) is 1. The van der Waals surface area contributed by atoms with Crippen molar-refractivity contribution >= 4 is 35.1 Å². The molecule has 2 fully saturated rings. The first-order valence-corrected chi connectivity index (χ1v) is 10.7. The number of esters is 1. The minimum Gasteiger partial charge on any atom is -0.462 e. The van der Waals surface area contributed by atoms with E-state index < -0.39 is 0 Å². The molecule has 1 amide bonds. The van der Waals surface area contributed by atoms with Crippen LogP contribution in [0.1, 0.15) is 44.6 Å². The summed E-state index contributed by atoms with van der Waals surface area (Å²) in [4.78, 5) is 28.7. The Morgan fingerprint density at radius 2 is 1.89 bits per heavy atom. The van der Waals surface area contributed by atoms with Gasteiger partial charge in [0.05, 0.1) is 16.5 Å². The lowest BCUT2D eigenvalue weighted by atomic mass is 9.86. The van der Waals surface area contributed by atoms with E-state index in [9.17, 15) is 9.59 Å². The van der Waals surface area contributed by atoms with Gasteiger partial charge in [0.15, 0.2) is 0 Å². The summed E-state index contributed by atoms with van der Waals surface area (Å²) in [6.45, 7) is 3.55. The molecule has 1 saturated carbocycles. The summed E-state index contributed by atoms with van der Waals surface area (Å²) in [5, 5.41) is 0.954. The van der Waals surface area contributed by atoms with Crippen LogP contribution >= 0.6 is 23.2 Å². The predicted octanol–water partition coefficient (Wildman–Crippen LogP) is 3.94. The summed E-state index contributed by atoms with van der Waals surface area (Å²) in [5.74, 6) is -0.161. The fourth-order valence-corrected chi connectivity index (χ4v) is 4.81. The fourth-order valence-electron chi connectivity index (χ4n) is 4.49. The van der Waals surface area contributed by atoms with Crippen molar-refractivity contribution in [3.8, 4) is 0 Å². The quantitative estimate of drug-likeness (QED) is 0.668. The first kappa shape index (κ1) is 21.4. The van der Waals surface area contributed by atoms with E-state index in [1.807, 2.05) is 18.0 Å². The number of halogens is 2. The zero-order valence-electron chi connectivity index (χ0n) is 16.5. The van der Waals surface area contributed by atoms with Crippen molar-refractivity contribution in [3.05, 3.63) is 33.8 Å². The number of nitrogens with zero attached hydrogens (tertiary/aromatic N) is 2. The Balaban J connectivity index is 1.70. The van der Waals surface area contributed by atoms with Gasteiger partial charge in [0.1, 0.15) is 6.10 Å².